The summed E-state index contributed by atoms with van der Waals surface area (Å²) in [5.41, 5.74) is 4.72. The van der Waals surface area contributed by atoms with Crippen LogP contribution in [0.3, 0.4) is 0 Å². The van der Waals surface area contributed by atoms with Crippen LogP contribution in [0.25, 0.3) is 0 Å². The van der Waals surface area contributed by atoms with Gasteiger partial charge in [-0.05, 0) is 18.6 Å². The number of halogens is 3. The summed E-state index contributed by atoms with van der Waals surface area (Å²) in [4.78, 5) is 3.49. The average molecular weight is 206 g/mol. The summed E-state index contributed by atoms with van der Waals surface area (Å²) in [7, 11) is 1.12. The van der Waals surface area contributed by atoms with Crippen LogP contribution in [-0.2, 0) is 6.18 Å². The first-order chi connectivity index (χ1) is 6.36. The van der Waals surface area contributed by atoms with E-state index in [4.69, 9.17) is 5.73 Å². The normalized spacial score (nSPS) is 11.5. The molecule has 0 aromatic carbocycles. The van der Waals surface area contributed by atoms with Gasteiger partial charge in [0.2, 0.25) is 5.88 Å². The van der Waals surface area contributed by atoms with Gasteiger partial charge in [-0.1, -0.05) is 0 Å². The van der Waals surface area contributed by atoms with E-state index in [0.717, 1.165) is 13.2 Å². The number of aryl methyl sites for hydroxylation is 1. The first-order valence-electron chi connectivity index (χ1n) is 3.74. The zero-order chi connectivity index (χ0) is 10.9. The van der Waals surface area contributed by atoms with Crippen molar-refractivity contribution >= 4 is 5.82 Å². The largest absolute Gasteiger partial charge is 0.481 e. The molecule has 0 aliphatic heterocycles. The Morgan fingerprint density at radius 1 is 1.43 bits per heavy atom. The van der Waals surface area contributed by atoms with E-state index in [0.29, 0.717) is 0 Å². The van der Waals surface area contributed by atoms with E-state index in [9.17, 15) is 13.2 Å². The Morgan fingerprint density at radius 2 is 2.00 bits per heavy atom. The molecule has 0 radical (unpaired) electrons. The van der Waals surface area contributed by atoms with Crippen molar-refractivity contribution in [1.29, 1.82) is 0 Å². The molecule has 78 valence electrons. The van der Waals surface area contributed by atoms with Gasteiger partial charge in [0.15, 0.2) is 0 Å². The molecule has 0 spiro atoms. The second-order valence-corrected chi connectivity index (χ2v) is 2.75. The van der Waals surface area contributed by atoms with E-state index < -0.39 is 17.6 Å². The molecule has 0 bridgehead atoms. The quantitative estimate of drug-likeness (QED) is 0.764. The fraction of sp³-hybridized carbons (Fsp3) is 0.375. The van der Waals surface area contributed by atoms with Crippen molar-refractivity contribution in [3.05, 3.63) is 17.2 Å². The zero-order valence-electron chi connectivity index (χ0n) is 7.64. The van der Waals surface area contributed by atoms with Gasteiger partial charge in [0, 0.05) is 0 Å². The Morgan fingerprint density at radius 3 is 2.43 bits per heavy atom. The van der Waals surface area contributed by atoms with Crippen LogP contribution >= 0.6 is 0 Å². The highest BCUT2D eigenvalue weighted by molar-refractivity contribution is 5.46. The SMILES string of the molecule is COc1nc(N)c(C)cc1C(F)(F)F. The van der Waals surface area contributed by atoms with Crippen molar-refractivity contribution in [2.75, 3.05) is 12.8 Å². The van der Waals surface area contributed by atoms with E-state index >= 15 is 0 Å². The van der Waals surface area contributed by atoms with Crippen LogP contribution in [-0.4, -0.2) is 12.1 Å². The topological polar surface area (TPSA) is 48.1 Å². The second-order valence-electron chi connectivity index (χ2n) is 2.75. The summed E-state index contributed by atoms with van der Waals surface area (Å²) in [6, 6.07) is 0.918. The number of alkyl halides is 3. The van der Waals surface area contributed by atoms with Gasteiger partial charge in [0.25, 0.3) is 0 Å². The lowest BCUT2D eigenvalue weighted by atomic mass is 10.2. The summed E-state index contributed by atoms with van der Waals surface area (Å²) >= 11 is 0. The Labute approximate surface area is 78.7 Å². The number of rotatable bonds is 1. The molecule has 1 aromatic heterocycles. The molecule has 0 saturated carbocycles. The van der Waals surface area contributed by atoms with Crippen LogP contribution in [0.5, 0.6) is 5.88 Å². The smallest absolute Gasteiger partial charge is 0.421 e. The van der Waals surface area contributed by atoms with Crippen LogP contribution in [0.1, 0.15) is 11.1 Å². The standard InChI is InChI=1S/C8H9F3N2O/c1-4-3-5(8(9,10)11)7(14-2)13-6(4)12/h3H,1-2H3,(H2,12,13). The van der Waals surface area contributed by atoms with Crippen LogP contribution in [0.4, 0.5) is 19.0 Å². The molecular formula is C8H9F3N2O. The lowest BCUT2D eigenvalue weighted by Crippen LogP contribution is -2.10. The third-order valence-electron chi connectivity index (χ3n) is 1.72. The van der Waals surface area contributed by atoms with E-state index in [2.05, 4.69) is 9.72 Å². The summed E-state index contributed by atoms with van der Waals surface area (Å²) in [5.74, 6) is -0.463. The minimum Gasteiger partial charge on any atom is -0.481 e. The number of hydrogen-bond donors (Lipinski definition) is 1. The predicted octanol–water partition coefficient (Wildman–Crippen LogP) is 2.00. The molecule has 0 aliphatic carbocycles. The van der Waals surface area contributed by atoms with Gasteiger partial charge in [-0.15, -0.1) is 0 Å². The van der Waals surface area contributed by atoms with E-state index in [-0.39, 0.29) is 11.4 Å². The molecule has 1 aromatic rings. The fourth-order valence-electron chi connectivity index (χ4n) is 0.969. The minimum atomic E-state index is -4.48. The second kappa shape index (κ2) is 3.36. The van der Waals surface area contributed by atoms with Gasteiger partial charge >= 0.3 is 6.18 Å². The molecule has 1 heterocycles. The molecule has 0 fully saturated rings. The highest BCUT2D eigenvalue weighted by Gasteiger charge is 2.35. The summed E-state index contributed by atoms with van der Waals surface area (Å²) in [6.07, 6.45) is -4.48. The van der Waals surface area contributed by atoms with Crippen molar-refractivity contribution in [3.8, 4) is 5.88 Å². The maximum Gasteiger partial charge on any atom is 0.421 e. The predicted molar refractivity (Wildman–Crippen MR) is 44.9 cm³/mol. The summed E-state index contributed by atoms with van der Waals surface area (Å²) < 4.78 is 41.7. The van der Waals surface area contributed by atoms with Crippen LogP contribution in [0.2, 0.25) is 0 Å². The van der Waals surface area contributed by atoms with Crippen molar-refractivity contribution in [3.63, 3.8) is 0 Å². The molecular weight excluding hydrogens is 197 g/mol. The van der Waals surface area contributed by atoms with Gasteiger partial charge in [-0.3, -0.25) is 0 Å². The molecule has 0 unspecified atom stereocenters. The number of hydrogen-bond acceptors (Lipinski definition) is 3. The zero-order valence-corrected chi connectivity index (χ0v) is 7.64. The molecule has 0 atom stereocenters. The molecule has 1 rings (SSSR count). The molecule has 14 heavy (non-hydrogen) atoms. The Bertz CT molecular complexity index is 349. The number of anilines is 1. The van der Waals surface area contributed by atoms with Crippen LogP contribution in [0, 0.1) is 6.92 Å². The average Bonchev–Trinajstić information content (AvgIpc) is 2.07. The Kier molecular flexibility index (Phi) is 2.55. The van der Waals surface area contributed by atoms with Gasteiger partial charge in [-0.25, -0.2) is 0 Å². The molecule has 0 saturated heterocycles. The first kappa shape index (κ1) is 10.6. The van der Waals surface area contributed by atoms with Crippen molar-refractivity contribution < 1.29 is 17.9 Å². The first-order valence-corrected chi connectivity index (χ1v) is 3.74. The number of nitrogens with zero attached hydrogens (tertiary/aromatic N) is 1. The monoisotopic (exact) mass is 206 g/mol. The van der Waals surface area contributed by atoms with Crippen molar-refractivity contribution in [2.45, 2.75) is 13.1 Å². The highest BCUT2D eigenvalue weighted by Crippen LogP contribution is 2.36. The Hall–Kier alpha value is -1.46. The van der Waals surface area contributed by atoms with E-state index in [1.165, 1.54) is 6.92 Å². The van der Waals surface area contributed by atoms with Gasteiger partial charge < -0.3 is 10.5 Å². The lowest BCUT2D eigenvalue weighted by molar-refractivity contribution is -0.139. The molecule has 3 nitrogen and oxygen atoms in total. The Balaban J connectivity index is 3.35. The molecule has 6 heteroatoms. The van der Waals surface area contributed by atoms with Crippen LogP contribution < -0.4 is 10.5 Å². The van der Waals surface area contributed by atoms with E-state index in [1.807, 2.05) is 0 Å². The molecule has 0 amide bonds. The van der Waals surface area contributed by atoms with Crippen LogP contribution in [0.15, 0.2) is 6.07 Å². The number of nitrogen functional groups attached to an aromatic ring is 1. The third-order valence-corrected chi connectivity index (χ3v) is 1.72. The number of nitrogens with two attached hydrogens (primary N) is 1. The number of aromatic nitrogens is 1. The van der Waals surface area contributed by atoms with E-state index in [1.54, 1.807) is 0 Å². The maximum atomic E-state index is 12.4. The number of methoxy groups -OCH3 is 1. The lowest BCUT2D eigenvalue weighted by Gasteiger charge is -2.12. The van der Waals surface area contributed by atoms with Gasteiger partial charge in [0.05, 0.1) is 7.11 Å². The van der Waals surface area contributed by atoms with Crippen molar-refractivity contribution in [2.24, 2.45) is 0 Å². The summed E-state index contributed by atoms with van der Waals surface area (Å²) in [5, 5.41) is 0. The molecule has 2 N–H and O–H groups in total. The molecule has 0 aliphatic rings. The minimum absolute atomic E-state index is 0.0369. The van der Waals surface area contributed by atoms with Crippen molar-refractivity contribution in [1.82, 2.24) is 4.98 Å². The number of pyridine rings is 1. The maximum absolute atomic E-state index is 12.4. The number of ether oxygens (including phenoxy) is 1. The third kappa shape index (κ3) is 1.89. The highest BCUT2D eigenvalue weighted by atomic mass is 19.4. The summed E-state index contributed by atoms with van der Waals surface area (Å²) in [6.45, 7) is 1.46. The van der Waals surface area contributed by atoms with Gasteiger partial charge in [0.1, 0.15) is 11.4 Å². The fourth-order valence-corrected chi connectivity index (χ4v) is 0.969. The van der Waals surface area contributed by atoms with Gasteiger partial charge in [-0.2, -0.15) is 18.2 Å².